The molecule has 140 valence electrons. The van der Waals surface area contributed by atoms with E-state index in [0.717, 1.165) is 4.90 Å². The van der Waals surface area contributed by atoms with Crippen LogP contribution < -0.4 is 0 Å². The molecule has 0 unspecified atom stereocenters. The highest BCUT2D eigenvalue weighted by molar-refractivity contribution is 6.33. The normalized spacial score (nSPS) is 20.9. The van der Waals surface area contributed by atoms with Crippen LogP contribution in [0, 0.1) is 0 Å². The lowest BCUT2D eigenvalue weighted by Gasteiger charge is -2.31. The predicted octanol–water partition coefficient (Wildman–Crippen LogP) is 2.59. The quantitative estimate of drug-likeness (QED) is 0.587. The van der Waals surface area contributed by atoms with E-state index in [9.17, 15) is 20.1 Å². The lowest BCUT2D eigenvalue weighted by atomic mass is 10.1. The van der Waals surface area contributed by atoms with Gasteiger partial charge in [-0.05, 0) is 20.8 Å². The zero-order valence-electron chi connectivity index (χ0n) is 14.4. The standard InChI is InChI=1S/C16H19ClN4O5/c1-16(2,3)26-15(25)21-8(5-22)12(23)13(24)11(21)7-4-18-10-9(7)19-6-20-14(10)17/h4,6,8,11,18,22-24H,5H2,1-3H3/t8-,11-/m1/s1. The zero-order chi connectivity index (χ0) is 19.2. The van der Waals surface area contributed by atoms with Gasteiger partial charge >= 0.3 is 6.09 Å². The maximum atomic E-state index is 12.7. The number of nitrogens with zero attached hydrogens (tertiary/aromatic N) is 3. The molecule has 4 N–H and O–H groups in total. The highest BCUT2D eigenvalue weighted by Crippen LogP contribution is 2.42. The number of carbonyl (C=O) groups excluding carboxylic acids is 1. The summed E-state index contributed by atoms with van der Waals surface area (Å²) < 4.78 is 5.37. The number of carbonyl (C=O) groups is 1. The van der Waals surface area contributed by atoms with Crippen LogP contribution >= 0.6 is 11.6 Å². The second-order valence-corrected chi connectivity index (χ2v) is 7.25. The van der Waals surface area contributed by atoms with E-state index in [1.165, 1.54) is 12.5 Å². The molecule has 26 heavy (non-hydrogen) atoms. The average Bonchev–Trinajstić information content (AvgIpc) is 3.07. The molecule has 9 nitrogen and oxygen atoms in total. The number of fused-ring (bicyclic) bond motifs is 1. The Morgan fingerprint density at radius 2 is 2.04 bits per heavy atom. The summed E-state index contributed by atoms with van der Waals surface area (Å²) in [5.74, 6) is -0.969. The minimum absolute atomic E-state index is 0.175. The van der Waals surface area contributed by atoms with E-state index in [1.54, 1.807) is 20.8 Å². The third kappa shape index (κ3) is 2.93. The van der Waals surface area contributed by atoms with E-state index in [1.807, 2.05) is 0 Å². The maximum Gasteiger partial charge on any atom is 0.411 e. The Labute approximate surface area is 153 Å². The SMILES string of the molecule is CC(C)(C)OC(=O)N1[C@H](CO)C(O)=C(O)[C@H]1c1c[nH]c2c(Cl)ncnc12. The van der Waals surface area contributed by atoms with Crippen LogP contribution in [-0.4, -0.2) is 59.5 Å². The fraction of sp³-hybridized carbons (Fsp3) is 0.438. The highest BCUT2D eigenvalue weighted by Gasteiger charge is 2.47. The Hall–Kier alpha value is -2.52. The third-order valence-electron chi connectivity index (χ3n) is 3.97. The van der Waals surface area contributed by atoms with Crippen molar-refractivity contribution in [2.24, 2.45) is 0 Å². The number of aromatic nitrogens is 3. The van der Waals surface area contributed by atoms with Crippen LogP contribution in [0.1, 0.15) is 32.4 Å². The van der Waals surface area contributed by atoms with E-state index < -0.39 is 41.9 Å². The molecule has 0 saturated carbocycles. The van der Waals surface area contributed by atoms with Gasteiger partial charge in [-0.25, -0.2) is 14.8 Å². The number of nitrogens with one attached hydrogen (secondary N) is 1. The van der Waals surface area contributed by atoms with Gasteiger partial charge in [0, 0.05) is 11.8 Å². The van der Waals surface area contributed by atoms with Crippen molar-refractivity contribution in [2.75, 3.05) is 6.61 Å². The largest absolute Gasteiger partial charge is 0.507 e. The maximum absolute atomic E-state index is 12.7. The van der Waals surface area contributed by atoms with E-state index in [0.29, 0.717) is 16.6 Å². The molecule has 0 bridgehead atoms. The topological polar surface area (TPSA) is 132 Å². The van der Waals surface area contributed by atoms with Crippen LogP contribution in [0.2, 0.25) is 5.15 Å². The van der Waals surface area contributed by atoms with Gasteiger partial charge in [0.25, 0.3) is 0 Å². The van der Waals surface area contributed by atoms with Crippen molar-refractivity contribution in [3.05, 3.63) is 34.8 Å². The molecule has 1 amide bonds. The van der Waals surface area contributed by atoms with E-state index in [-0.39, 0.29) is 5.15 Å². The summed E-state index contributed by atoms with van der Waals surface area (Å²) in [5, 5.41) is 30.5. The summed E-state index contributed by atoms with van der Waals surface area (Å²) >= 11 is 6.03. The van der Waals surface area contributed by atoms with Crippen molar-refractivity contribution in [2.45, 2.75) is 38.5 Å². The first-order valence-electron chi connectivity index (χ1n) is 7.87. The number of hydrogen-bond acceptors (Lipinski definition) is 7. The van der Waals surface area contributed by atoms with Crippen molar-refractivity contribution in [3.63, 3.8) is 0 Å². The summed E-state index contributed by atoms with van der Waals surface area (Å²) in [6.07, 6.45) is 1.96. The summed E-state index contributed by atoms with van der Waals surface area (Å²) in [6.45, 7) is 4.48. The molecule has 3 heterocycles. The van der Waals surface area contributed by atoms with Crippen molar-refractivity contribution < 1.29 is 24.9 Å². The molecule has 2 aromatic rings. The highest BCUT2D eigenvalue weighted by atomic mass is 35.5. The van der Waals surface area contributed by atoms with Crippen molar-refractivity contribution in [1.82, 2.24) is 19.9 Å². The van der Waals surface area contributed by atoms with Crippen LogP contribution in [0.15, 0.2) is 24.0 Å². The van der Waals surface area contributed by atoms with Gasteiger partial charge < -0.3 is 25.0 Å². The molecule has 1 aliphatic rings. The Balaban J connectivity index is 2.12. The molecule has 1 aliphatic heterocycles. The first kappa shape index (κ1) is 18.3. The zero-order valence-corrected chi connectivity index (χ0v) is 15.2. The number of H-pyrrole nitrogens is 1. The molecule has 2 aromatic heterocycles. The monoisotopic (exact) mass is 382 g/mol. The van der Waals surface area contributed by atoms with Crippen molar-refractivity contribution >= 4 is 28.7 Å². The Bertz CT molecular complexity index is 888. The number of aliphatic hydroxyl groups excluding tert-OH is 3. The predicted molar refractivity (Wildman–Crippen MR) is 92.9 cm³/mol. The van der Waals surface area contributed by atoms with Crippen LogP contribution in [0.5, 0.6) is 0 Å². The number of halogens is 1. The van der Waals surface area contributed by atoms with E-state index >= 15 is 0 Å². The molecular formula is C16H19ClN4O5. The van der Waals surface area contributed by atoms with Crippen LogP contribution in [0.3, 0.4) is 0 Å². The Morgan fingerprint density at radius 3 is 2.65 bits per heavy atom. The molecule has 0 spiro atoms. The number of ether oxygens (including phenoxy) is 1. The fourth-order valence-corrected chi connectivity index (χ4v) is 3.10. The van der Waals surface area contributed by atoms with E-state index in [4.69, 9.17) is 16.3 Å². The lowest BCUT2D eigenvalue weighted by molar-refractivity contribution is 0.00564. The Morgan fingerprint density at radius 1 is 1.35 bits per heavy atom. The van der Waals surface area contributed by atoms with Gasteiger partial charge in [0.05, 0.1) is 12.1 Å². The summed E-state index contributed by atoms with van der Waals surface area (Å²) in [7, 11) is 0. The molecule has 10 heteroatoms. The average molecular weight is 383 g/mol. The summed E-state index contributed by atoms with van der Waals surface area (Å²) in [4.78, 5) is 24.7. The number of amides is 1. The van der Waals surface area contributed by atoms with Crippen LogP contribution in [-0.2, 0) is 4.74 Å². The molecule has 0 fully saturated rings. The van der Waals surface area contributed by atoms with Gasteiger partial charge in [0.1, 0.15) is 29.5 Å². The minimum Gasteiger partial charge on any atom is -0.507 e. The summed E-state index contributed by atoms with van der Waals surface area (Å²) in [5.41, 5.74) is 0.381. The van der Waals surface area contributed by atoms with Gasteiger partial charge in [-0.3, -0.25) is 4.90 Å². The van der Waals surface area contributed by atoms with Crippen molar-refractivity contribution in [1.29, 1.82) is 0 Å². The molecular weight excluding hydrogens is 364 g/mol. The minimum atomic E-state index is -1.14. The number of aliphatic hydroxyl groups is 3. The molecule has 0 saturated heterocycles. The lowest BCUT2D eigenvalue weighted by Crippen LogP contribution is -2.44. The number of hydrogen-bond donors (Lipinski definition) is 4. The Kier molecular flexibility index (Phi) is 4.45. The third-order valence-corrected chi connectivity index (χ3v) is 4.26. The van der Waals surface area contributed by atoms with Gasteiger partial charge in [0.15, 0.2) is 16.7 Å². The van der Waals surface area contributed by atoms with Gasteiger partial charge in [-0.1, -0.05) is 11.6 Å². The van der Waals surface area contributed by atoms with Gasteiger partial charge in [-0.2, -0.15) is 0 Å². The van der Waals surface area contributed by atoms with Crippen molar-refractivity contribution in [3.8, 4) is 0 Å². The molecule has 0 radical (unpaired) electrons. The first-order valence-corrected chi connectivity index (χ1v) is 8.25. The number of rotatable bonds is 2. The van der Waals surface area contributed by atoms with Gasteiger partial charge in [-0.15, -0.1) is 0 Å². The molecule has 0 aromatic carbocycles. The molecule has 3 rings (SSSR count). The number of aromatic amines is 1. The van der Waals surface area contributed by atoms with Crippen LogP contribution in [0.25, 0.3) is 11.0 Å². The molecule has 2 atom stereocenters. The molecule has 0 aliphatic carbocycles. The second-order valence-electron chi connectivity index (χ2n) is 6.89. The smallest absolute Gasteiger partial charge is 0.411 e. The fourth-order valence-electron chi connectivity index (χ4n) is 2.91. The van der Waals surface area contributed by atoms with Gasteiger partial charge in [0.2, 0.25) is 0 Å². The van der Waals surface area contributed by atoms with Crippen LogP contribution in [0.4, 0.5) is 4.79 Å². The van der Waals surface area contributed by atoms with E-state index in [2.05, 4.69) is 15.0 Å². The summed E-state index contributed by atoms with van der Waals surface area (Å²) in [6, 6.07) is -2.24. The first-order chi connectivity index (χ1) is 12.2. The second kappa shape index (κ2) is 6.33.